The lowest BCUT2D eigenvalue weighted by atomic mass is 10.0. The molecule has 22 heavy (non-hydrogen) atoms. The maximum atomic E-state index is 13.2. The predicted octanol–water partition coefficient (Wildman–Crippen LogP) is 2.71. The van der Waals surface area contributed by atoms with Gasteiger partial charge in [-0.2, -0.15) is 0 Å². The molecule has 122 valence electrons. The molecule has 6 heteroatoms. The van der Waals surface area contributed by atoms with E-state index in [0.29, 0.717) is 19.7 Å². The lowest BCUT2D eigenvalue weighted by molar-refractivity contribution is 0.0639. The third kappa shape index (κ3) is 5.26. The van der Waals surface area contributed by atoms with Gasteiger partial charge in [0.2, 0.25) is 0 Å². The lowest BCUT2D eigenvalue weighted by Gasteiger charge is -2.35. The van der Waals surface area contributed by atoms with Crippen LogP contribution >= 0.6 is 0 Å². The molecule has 1 aliphatic heterocycles. The molecule has 1 amide bonds. The van der Waals surface area contributed by atoms with E-state index in [9.17, 15) is 9.18 Å². The summed E-state index contributed by atoms with van der Waals surface area (Å²) in [5, 5.41) is 2.70. The van der Waals surface area contributed by atoms with Crippen molar-refractivity contribution in [2.24, 2.45) is 0 Å². The number of carbonyl (C=O) groups excluding carboxylic acids is 1. The summed E-state index contributed by atoms with van der Waals surface area (Å²) in [4.78, 5) is 17.7. The Bertz CT molecular complexity index is 484. The highest BCUT2D eigenvalue weighted by Crippen LogP contribution is 2.20. The topological polar surface area (TPSA) is 54.5 Å². The van der Waals surface area contributed by atoms with Crippen molar-refractivity contribution in [3.05, 3.63) is 29.8 Å². The minimum atomic E-state index is -0.361. The van der Waals surface area contributed by atoms with Gasteiger partial charge in [-0.05, 0) is 37.4 Å². The first-order valence-corrected chi connectivity index (χ1v) is 7.93. The van der Waals surface area contributed by atoms with Crippen LogP contribution in [0.3, 0.4) is 0 Å². The Morgan fingerprint density at radius 3 is 3.14 bits per heavy atom. The van der Waals surface area contributed by atoms with Crippen LogP contribution in [0.1, 0.15) is 38.2 Å². The molecule has 1 unspecified atom stereocenters. The predicted molar refractivity (Wildman–Crippen MR) is 81.9 cm³/mol. The Morgan fingerprint density at radius 1 is 1.50 bits per heavy atom. The molecule has 0 bridgehead atoms. The smallest absolute Gasteiger partial charge is 0.407 e. The standard InChI is InChI=1S/C16H24FN3O2/c1-2-6-19-16(21)22-12-15-5-3-4-7-20(15)11-13-8-14(17)10-18-9-13/h8-10,15H,2-7,11-12H2,1H3,(H,19,21). The summed E-state index contributed by atoms with van der Waals surface area (Å²) in [7, 11) is 0. The van der Waals surface area contributed by atoms with Crippen LogP contribution in [-0.2, 0) is 11.3 Å². The fraction of sp³-hybridized carbons (Fsp3) is 0.625. The highest BCUT2D eigenvalue weighted by Gasteiger charge is 2.24. The van der Waals surface area contributed by atoms with Crippen molar-refractivity contribution in [3.63, 3.8) is 0 Å². The quantitative estimate of drug-likeness (QED) is 0.878. The van der Waals surface area contributed by atoms with Crippen LogP contribution in [-0.4, -0.2) is 41.7 Å². The molecule has 1 N–H and O–H groups in total. The molecular formula is C16H24FN3O2. The second kappa shape index (κ2) is 8.68. The van der Waals surface area contributed by atoms with E-state index >= 15 is 0 Å². The van der Waals surface area contributed by atoms with Gasteiger partial charge >= 0.3 is 6.09 Å². The van der Waals surface area contributed by atoms with Gasteiger partial charge in [0, 0.05) is 25.3 Å². The number of likely N-dealkylation sites (tertiary alicyclic amines) is 1. The summed E-state index contributed by atoms with van der Waals surface area (Å²) < 4.78 is 18.5. The first-order valence-electron chi connectivity index (χ1n) is 7.93. The minimum absolute atomic E-state index is 0.185. The molecule has 0 aromatic carbocycles. The monoisotopic (exact) mass is 309 g/mol. The zero-order valence-electron chi connectivity index (χ0n) is 13.1. The molecule has 1 aromatic rings. The average molecular weight is 309 g/mol. The zero-order valence-corrected chi connectivity index (χ0v) is 13.1. The van der Waals surface area contributed by atoms with Crippen molar-refractivity contribution in [1.82, 2.24) is 15.2 Å². The Kier molecular flexibility index (Phi) is 6.58. The summed E-state index contributed by atoms with van der Waals surface area (Å²) in [6.45, 7) is 4.56. The third-order valence-corrected chi connectivity index (χ3v) is 3.82. The van der Waals surface area contributed by atoms with Crippen molar-refractivity contribution in [3.8, 4) is 0 Å². The van der Waals surface area contributed by atoms with E-state index in [1.165, 1.54) is 12.3 Å². The Hall–Kier alpha value is -1.69. The first-order chi connectivity index (χ1) is 10.7. The van der Waals surface area contributed by atoms with Crippen LogP contribution in [0.4, 0.5) is 9.18 Å². The number of hydrogen-bond donors (Lipinski definition) is 1. The molecule has 0 spiro atoms. The van der Waals surface area contributed by atoms with E-state index in [2.05, 4.69) is 15.2 Å². The third-order valence-electron chi connectivity index (χ3n) is 3.82. The maximum absolute atomic E-state index is 13.2. The Balaban J connectivity index is 1.86. The summed E-state index contributed by atoms with van der Waals surface area (Å²) in [5.74, 6) is -0.318. The van der Waals surface area contributed by atoms with Crippen LogP contribution in [0.2, 0.25) is 0 Å². The summed E-state index contributed by atoms with van der Waals surface area (Å²) in [6, 6.07) is 1.69. The van der Waals surface area contributed by atoms with Crippen LogP contribution < -0.4 is 5.32 Å². The van der Waals surface area contributed by atoms with Crippen molar-refractivity contribution in [2.75, 3.05) is 19.7 Å². The minimum Gasteiger partial charge on any atom is -0.448 e. The number of pyridine rings is 1. The number of amides is 1. The highest BCUT2D eigenvalue weighted by atomic mass is 19.1. The summed E-state index contributed by atoms with van der Waals surface area (Å²) in [6.07, 6.45) is 6.65. The van der Waals surface area contributed by atoms with Gasteiger partial charge in [0.05, 0.1) is 6.20 Å². The van der Waals surface area contributed by atoms with E-state index in [0.717, 1.165) is 37.8 Å². The number of alkyl carbamates (subject to hydrolysis) is 1. The Morgan fingerprint density at radius 2 is 2.36 bits per heavy atom. The van der Waals surface area contributed by atoms with Gasteiger partial charge < -0.3 is 10.1 Å². The molecule has 1 fully saturated rings. The van der Waals surface area contributed by atoms with Crippen LogP contribution in [0.5, 0.6) is 0 Å². The molecule has 1 atom stereocenters. The van der Waals surface area contributed by atoms with Crippen molar-refractivity contribution in [2.45, 2.75) is 45.2 Å². The van der Waals surface area contributed by atoms with Gasteiger partial charge in [-0.25, -0.2) is 9.18 Å². The van der Waals surface area contributed by atoms with E-state index < -0.39 is 0 Å². The lowest BCUT2D eigenvalue weighted by Crippen LogP contribution is -2.43. The van der Waals surface area contributed by atoms with Gasteiger partial charge in [0.25, 0.3) is 0 Å². The maximum Gasteiger partial charge on any atom is 0.407 e. The van der Waals surface area contributed by atoms with E-state index in [4.69, 9.17) is 4.74 Å². The highest BCUT2D eigenvalue weighted by molar-refractivity contribution is 5.67. The van der Waals surface area contributed by atoms with Crippen LogP contribution in [0.25, 0.3) is 0 Å². The second-order valence-electron chi connectivity index (χ2n) is 5.66. The number of ether oxygens (including phenoxy) is 1. The average Bonchev–Trinajstić information content (AvgIpc) is 2.52. The summed E-state index contributed by atoms with van der Waals surface area (Å²) in [5.41, 5.74) is 0.849. The van der Waals surface area contributed by atoms with Crippen molar-refractivity contribution in [1.29, 1.82) is 0 Å². The van der Waals surface area contributed by atoms with Crippen molar-refractivity contribution >= 4 is 6.09 Å². The van der Waals surface area contributed by atoms with Gasteiger partial charge in [0.1, 0.15) is 12.4 Å². The number of rotatable bonds is 6. The number of nitrogens with one attached hydrogen (secondary N) is 1. The largest absolute Gasteiger partial charge is 0.448 e. The van der Waals surface area contributed by atoms with Crippen LogP contribution in [0.15, 0.2) is 18.5 Å². The molecule has 0 saturated carbocycles. The van der Waals surface area contributed by atoms with Gasteiger partial charge in [-0.3, -0.25) is 9.88 Å². The normalized spacial score (nSPS) is 18.9. The molecule has 2 rings (SSSR count). The molecular weight excluding hydrogens is 285 g/mol. The molecule has 5 nitrogen and oxygen atoms in total. The number of aromatic nitrogens is 1. The van der Waals surface area contributed by atoms with E-state index in [-0.39, 0.29) is 18.0 Å². The van der Waals surface area contributed by atoms with Gasteiger partial charge in [-0.15, -0.1) is 0 Å². The first kappa shape index (κ1) is 16.7. The number of halogens is 1. The molecule has 1 saturated heterocycles. The van der Waals surface area contributed by atoms with Crippen molar-refractivity contribution < 1.29 is 13.9 Å². The fourth-order valence-corrected chi connectivity index (χ4v) is 2.68. The van der Waals surface area contributed by atoms with Gasteiger partial charge in [0.15, 0.2) is 0 Å². The van der Waals surface area contributed by atoms with E-state index in [1.54, 1.807) is 6.20 Å². The summed E-state index contributed by atoms with van der Waals surface area (Å²) >= 11 is 0. The zero-order chi connectivity index (χ0) is 15.8. The molecule has 0 radical (unpaired) electrons. The molecule has 1 aliphatic rings. The number of carbonyl (C=O) groups is 1. The van der Waals surface area contributed by atoms with E-state index in [1.807, 2.05) is 6.92 Å². The molecule has 1 aromatic heterocycles. The van der Waals surface area contributed by atoms with Crippen LogP contribution in [0, 0.1) is 5.82 Å². The molecule has 0 aliphatic carbocycles. The SMILES string of the molecule is CCCNC(=O)OCC1CCCCN1Cc1cncc(F)c1. The van der Waals surface area contributed by atoms with Gasteiger partial charge in [-0.1, -0.05) is 13.3 Å². The Labute approximate surface area is 130 Å². The second-order valence-corrected chi connectivity index (χ2v) is 5.66. The fourth-order valence-electron chi connectivity index (χ4n) is 2.68. The number of nitrogens with zero attached hydrogens (tertiary/aromatic N) is 2. The molecule has 2 heterocycles. The number of piperidine rings is 1. The number of hydrogen-bond acceptors (Lipinski definition) is 4.